The van der Waals surface area contributed by atoms with E-state index in [0.717, 1.165) is 35.6 Å². The van der Waals surface area contributed by atoms with Crippen molar-refractivity contribution in [2.45, 2.75) is 13.0 Å². The maximum absolute atomic E-state index is 9.29. The Balaban J connectivity index is 1.73. The van der Waals surface area contributed by atoms with Crippen LogP contribution >= 0.6 is 0 Å². The fourth-order valence-electron chi connectivity index (χ4n) is 2.97. The Kier molecular flexibility index (Phi) is 7.19. The summed E-state index contributed by atoms with van der Waals surface area (Å²) in [6.45, 7) is 8.68. The van der Waals surface area contributed by atoms with E-state index in [4.69, 9.17) is 9.57 Å². The smallest absolute Gasteiger partial charge is 0.175 e. The Morgan fingerprint density at radius 1 is 1.18 bits per heavy atom. The molecular formula is C22H26N2O4. The summed E-state index contributed by atoms with van der Waals surface area (Å²) in [4.78, 5) is 12.3. The first kappa shape index (κ1) is 20.1. The first-order chi connectivity index (χ1) is 13.7. The molecule has 0 radical (unpaired) electrons. The van der Waals surface area contributed by atoms with Crippen molar-refractivity contribution in [3.8, 4) is 0 Å². The molecule has 6 heteroatoms. The number of morpholine rings is 1. The molecule has 1 saturated heterocycles. The van der Waals surface area contributed by atoms with E-state index in [-0.39, 0.29) is 6.61 Å². The van der Waals surface area contributed by atoms with Gasteiger partial charge >= 0.3 is 0 Å². The average molecular weight is 382 g/mol. The maximum atomic E-state index is 9.29. The molecule has 1 aliphatic rings. The summed E-state index contributed by atoms with van der Waals surface area (Å²) in [5, 5.41) is 13.7. The Morgan fingerprint density at radius 2 is 1.86 bits per heavy atom. The summed E-state index contributed by atoms with van der Waals surface area (Å²) in [5.74, 6) is 0.752. The lowest BCUT2D eigenvalue weighted by Crippen LogP contribution is -2.41. The Bertz CT molecular complexity index is 781. The lowest BCUT2D eigenvalue weighted by molar-refractivity contribution is -0.290. The average Bonchev–Trinajstić information content (AvgIpc) is 2.76. The van der Waals surface area contributed by atoms with Crippen LogP contribution in [0.2, 0.25) is 0 Å². The molecule has 2 aromatic carbocycles. The third-order valence-electron chi connectivity index (χ3n) is 4.67. The third kappa shape index (κ3) is 5.19. The topological polar surface area (TPSA) is 63.5 Å². The number of hydrogen-bond acceptors (Lipinski definition) is 5. The molecule has 1 N–H and O–H groups in total. The van der Waals surface area contributed by atoms with Crippen molar-refractivity contribution in [3.05, 3.63) is 77.4 Å². The molecule has 0 amide bonds. The number of amidine groups is 1. The van der Waals surface area contributed by atoms with Gasteiger partial charge in [0.2, 0.25) is 0 Å². The van der Waals surface area contributed by atoms with E-state index < -0.39 is 6.10 Å². The number of aryl methyl sites for hydroxylation is 1. The Morgan fingerprint density at radius 3 is 2.46 bits per heavy atom. The Hall–Kier alpha value is -2.67. The van der Waals surface area contributed by atoms with Crippen LogP contribution in [0.3, 0.4) is 0 Å². The number of oxime groups is 1. The Labute approximate surface area is 165 Å². The van der Waals surface area contributed by atoms with Crippen LogP contribution in [0.5, 0.6) is 0 Å². The van der Waals surface area contributed by atoms with Gasteiger partial charge in [0, 0.05) is 18.7 Å². The molecule has 1 fully saturated rings. The van der Waals surface area contributed by atoms with E-state index >= 15 is 0 Å². The second kappa shape index (κ2) is 10.0. The van der Waals surface area contributed by atoms with Gasteiger partial charge in [-0.25, -0.2) is 4.89 Å². The summed E-state index contributed by atoms with van der Waals surface area (Å²) in [6.07, 6.45) is 1.13. The van der Waals surface area contributed by atoms with Crippen molar-refractivity contribution in [1.29, 1.82) is 0 Å². The number of benzene rings is 2. The normalized spacial score (nSPS) is 15.9. The second-order valence-electron chi connectivity index (χ2n) is 6.64. The minimum absolute atomic E-state index is 0.0869. The highest BCUT2D eigenvalue weighted by atomic mass is 17.1. The van der Waals surface area contributed by atoms with E-state index in [9.17, 15) is 5.26 Å². The maximum Gasteiger partial charge on any atom is 0.175 e. The van der Waals surface area contributed by atoms with Gasteiger partial charge in [-0.15, -0.1) is 0 Å². The lowest BCUT2D eigenvalue weighted by Gasteiger charge is -2.29. The molecule has 3 rings (SSSR count). The number of rotatable bonds is 7. The zero-order valence-electron chi connectivity index (χ0n) is 16.1. The summed E-state index contributed by atoms with van der Waals surface area (Å²) >= 11 is 0. The predicted molar refractivity (Wildman–Crippen MR) is 109 cm³/mol. The van der Waals surface area contributed by atoms with E-state index in [2.05, 4.69) is 21.5 Å². The molecule has 6 nitrogen and oxygen atoms in total. The number of hydrogen-bond donors (Lipinski definition) is 1. The van der Waals surface area contributed by atoms with Crippen molar-refractivity contribution in [2.75, 3.05) is 32.9 Å². The van der Waals surface area contributed by atoms with Crippen LogP contribution in [0, 0.1) is 6.92 Å². The van der Waals surface area contributed by atoms with E-state index in [1.165, 1.54) is 5.56 Å². The molecule has 0 spiro atoms. The van der Waals surface area contributed by atoms with Gasteiger partial charge in [0.05, 0.1) is 13.2 Å². The van der Waals surface area contributed by atoms with Gasteiger partial charge in [0.15, 0.2) is 18.5 Å². The van der Waals surface area contributed by atoms with Crippen molar-refractivity contribution in [3.63, 3.8) is 0 Å². The SMILES string of the molecule is C=Cc1ccc(C(CON=C(c2ccc(C)cc2)N2CCOCC2)OO)cc1. The van der Waals surface area contributed by atoms with Crippen LogP contribution < -0.4 is 0 Å². The largest absolute Gasteiger partial charge is 0.391 e. The highest BCUT2D eigenvalue weighted by Gasteiger charge is 2.19. The van der Waals surface area contributed by atoms with Gasteiger partial charge in [0.1, 0.15) is 0 Å². The van der Waals surface area contributed by atoms with Gasteiger partial charge in [0.25, 0.3) is 0 Å². The van der Waals surface area contributed by atoms with Crippen molar-refractivity contribution in [1.82, 2.24) is 4.90 Å². The fourth-order valence-corrected chi connectivity index (χ4v) is 2.97. The summed E-state index contributed by atoms with van der Waals surface area (Å²) in [7, 11) is 0. The molecule has 1 unspecified atom stereocenters. The minimum Gasteiger partial charge on any atom is -0.391 e. The van der Waals surface area contributed by atoms with Gasteiger partial charge < -0.3 is 14.5 Å². The van der Waals surface area contributed by atoms with E-state index in [0.29, 0.717) is 13.2 Å². The van der Waals surface area contributed by atoms with Crippen LogP contribution in [-0.4, -0.2) is 48.9 Å². The quantitative estimate of drug-likeness (QED) is 0.341. The zero-order valence-corrected chi connectivity index (χ0v) is 16.1. The molecular weight excluding hydrogens is 356 g/mol. The molecule has 28 heavy (non-hydrogen) atoms. The first-order valence-corrected chi connectivity index (χ1v) is 9.33. The summed E-state index contributed by atoms with van der Waals surface area (Å²) in [5.41, 5.74) is 3.95. The summed E-state index contributed by atoms with van der Waals surface area (Å²) in [6, 6.07) is 15.7. The van der Waals surface area contributed by atoms with Crippen molar-refractivity contribution in [2.24, 2.45) is 5.16 Å². The van der Waals surface area contributed by atoms with Gasteiger partial charge in [-0.05, 0) is 18.1 Å². The van der Waals surface area contributed by atoms with Crippen molar-refractivity contribution >= 4 is 11.9 Å². The molecule has 1 atom stereocenters. The molecule has 148 valence electrons. The van der Waals surface area contributed by atoms with Gasteiger partial charge in [-0.1, -0.05) is 71.9 Å². The molecule has 0 saturated carbocycles. The van der Waals surface area contributed by atoms with E-state index in [1.807, 2.05) is 55.5 Å². The zero-order chi connectivity index (χ0) is 19.8. The number of ether oxygens (including phenoxy) is 1. The van der Waals surface area contributed by atoms with Crippen LogP contribution in [0.15, 0.2) is 60.3 Å². The standard InChI is InChI=1S/C22H26N2O4/c1-3-18-6-10-19(11-7-18)21(28-25)16-27-23-22(24-12-14-26-15-13-24)20-8-4-17(2)5-9-20/h3-11,21,25H,1,12-16H2,2H3. The predicted octanol–water partition coefficient (Wildman–Crippen LogP) is 3.88. The molecule has 0 aliphatic carbocycles. The molecule has 1 aliphatic heterocycles. The van der Waals surface area contributed by atoms with E-state index in [1.54, 1.807) is 6.08 Å². The summed E-state index contributed by atoms with van der Waals surface area (Å²) < 4.78 is 5.44. The van der Waals surface area contributed by atoms with Crippen LogP contribution in [0.4, 0.5) is 0 Å². The minimum atomic E-state index is -0.633. The van der Waals surface area contributed by atoms with Crippen molar-refractivity contribution < 1.29 is 19.7 Å². The van der Waals surface area contributed by atoms with Crippen LogP contribution in [0.1, 0.15) is 28.4 Å². The van der Waals surface area contributed by atoms with Crippen LogP contribution in [0.25, 0.3) is 6.08 Å². The molecule has 1 heterocycles. The monoisotopic (exact) mass is 382 g/mol. The first-order valence-electron chi connectivity index (χ1n) is 9.33. The molecule has 2 aromatic rings. The molecule has 0 bridgehead atoms. The highest BCUT2D eigenvalue weighted by Crippen LogP contribution is 2.19. The van der Waals surface area contributed by atoms with Gasteiger partial charge in [-0.2, -0.15) is 0 Å². The number of nitrogens with zero attached hydrogens (tertiary/aromatic N) is 2. The lowest BCUT2D eigenvalue weighted by atomic mass is 10.1. The third-order valence-corrected chi connectivity index (χ3v) is 4.67. The van der Waals surface area contributed by atoms with Crippen LogP contribution in [-0.2, 0) is 14.5 Å². The highest BCUT2D eigenvalue weighted by molar-refractivity contribution is 5.98. The fraction of sp³-hybridized carbons (Fsp3) is 0.318. The molecule has 0 aromatic heterocycles. The second-order valence-corrected chi connectivity index (χ2v) is 6.64. The van der Waals surface area contributed by atoms with Gasteiger partial charge in [-0.3, -0.25) is 5.26 Å².